The van der Waals surface area contributed by atoms with Crippen molar-refractivity contribution < 1.29 is 9.72 Å². The van der Waals surface area contributed by atoms with Gasteiger partial charge in [0, 0.05) is 48.7 Å². The molecule has 1 heterocycles. The van der Waals surface area contributed by atoms with E-state index in [2.05, 4.69) is 46.4 Å². The zero-order valence-corrected chi connectivity index (χ0v) is 19.1. The highest BCUT2D eigenvalue weighted by molar-refractivity contribution is 7.99. The molecule has 0 fully saturated rings. The topological polar surface area (TPSA) is 106 Å². The fourth-order valence-corrected chi connectivity index (χ4v) is 4.13. The van der Waals surface area contributed by atoms with Gasteiger partial charge in [0.25, 0.3) is 5.69 Å². The molecule has 0 aliphatic rings. The molecule has 0 spiro atoms. The minimum Gasteiger partial charge on any atom is -0.372 e. The van der Waals surface area contributed by atoms with E-state index in [1.807, 2.05) is 23.6 Å². The SMILES string of the molecule is CCN(CC)c1ccc(-c2nnc(SCC(=O)Nc3cccc([N+](=O)[O-])c3)n2CC)cc1. The lowest BCUT2D eigenvalue weighted by Gasteiger charge is -2.21. The number of nitro benzene ring substituents is 1. The number of nitrogens with zero attached hydrogens (tertiary/aromatic N) is 5. The van der Waals surface area contributed by atoms with Gasteiger partial charge >= 0.3 is 0 Å². The zero-order chi connectivity index (χ0) is 23.1. The summed E-state index contributed by atoms with van der Waals surface area (Å²) >= 11 is 1.28. The van der Waals surface area contributed by atoms with Crippen LogP contribution in [0.1, 0.15) is 20.8 Å². The van der Waals surface area contributed by atoms with Gasteiger partial charge in [-0.2, -0.15) is 0 Å². The molecule has 1 aromatic heterocycles. The average Bonchev–Trinajstić information content (AvgIpc) is 3.22. The number of aromatic nitrogens is 3. The van der Waals surface area contributed by atoms with Crippen LogP contribution in [-0.2, 0) is 11.3 Å². The summed E-state index contributed by atoms with van der Waals surface area (Å²) in [4.78, 5) is 25.0. The maximum Gasteiger partial charge on any atom is 0.271 e. The van der Waals surface area contributed by atoms with Crippen molar-refractivity contribution in [1.82, 2.24) is 14.8 Å². The fraction of sp³-hybridized carbons (Fsp3) is 0.318. The molecule has 1 amide bonds. The van der Waals surface area contributed by atoms with Crippen molar-refractivity contribution in [2.45, 2.75) is 32.5 Å². The summed E-state index contributed by atoms with van der Waals surface area (Å²) in [6.45, 7) is 8.81. The van der Waals surface area contributed by atoms with Gasteiger partial charge in [0.1, 0.15) is 0 Å². The molecule has 2 aromatic carbocycles. The van der Waals surface area contributed by atoms with E-state index in [1.54, 1.807) is 6.07 Å². The van der Waals surface area contributed by atoms with Gasteiger partial charge in [-0.15, -0.1) is 10.2 Å². The van der Waals surface area contributed by atoms with Crippen molar-refractivity contribution in [3.05, 3.63) is 58.6 Å². The first-order chi connectivity index (χ1) is 15.5. The van der Waals surface area contributed by atoms with Crippen LogP contribution >= 0.6 is 11.8 Å². The van der Waals surface area contributed by atoms with E-state index in [1.165, 1.54) is 30.0 Å². The quantitative estimate of drug-likeness (QED) is 0.274. The van der Waals surface area contributed by atoms with Gasteiger partial charge in [-0.25, -0.2) is 0 Å². The molecule has 9 nitrogen and oxygen atoms in total. The number of carbonyl (C=O) groups is 1. The van der Waals surface area contributed by atoms with Crippen LogP contribution in [-0.4, -0.2) is 44.4 Å². The third-order valence-corrected chi connectivity index (χ3v) is 5.93. The van der Waals surface area contributed by atoms with E-state index < -0.39 is 4.92 Å². The van der Waals surface area contributed by atoms with Crippen LogP contribution in [0, 0.1) is 10.1 Å². The van der Waals surface area contributed by atoms with Crippen LogP contribution in [0.15, 0.2) is 53.7 Å². The maximum absolute atomic E-state index is 12.3. The minimum absolute atomic E-state index is 0.0715. The number of non-ortho nitro benzene ring substituents is 1. The molecule has 3 rings (SSSR count). The summed E-state index contributed by atoms with van der Waals surface area (Å²) in [5.74, 6) is 0.591. The second-order valence-corrected chi connectivity index (χ2v) is 7.86. The molecular formula is C22H26N6O3S. The number of nitro groups is 1. The van der Waals surface area contributed by atoms with Gasteiger partial charge in [-0.3, -0.25) is 14.9 Å². The molecule has 3 aromatic rings. The van der Waals surface area contributed by atoms with E-state index in [4.69, 9.17) is 0 Å². The third kappa shape index (κ3) is 5.44. The first kappa shape index (κ1) is 23.3. The van der Waals surface area contributed by atoms with E-state index in [9.17, 15) is 14.9 Å². The number of hydrogen-bond donors (Lipinski definition) is 1. The summed E-state index contributed by atoms with van der Waals surface area (Å²) < 4.78 is 1.97. The van der Waals surface area contributed by atoms with Crippen LogP contribution < -0.4 is 10.2 Å². The van der Waals surface area contributed by atoms with Crippen LogP contribution in [0.2, 0.25) is 0 Å². The van der Waals surface area contributed by atoms with Crippen LogP contribution in [0.3, 0.4) is 0 Å². The maximum atomic E-state index is 12.3. The molecule has 10 heteroatoms. The van der Waals surface area contributed by atoms with E-state index in [-0.39, 0.29) is 17.3 Å². The predicted molar refractivity (Wildman–Crippen MR) is 127 cm³/mol. The normalized spacial score (nSPS) is 10.7. The van der Waals surface area contributed by atoms with Crippen LogP contribution in [0.4, 0.5) is 17.1 Å². The molecule has 0 unspecified atom stereocenters. The lowest BCUT2D eigenvalue weighted by molar-refractivity contribution is -0.384. The largest absolute Gasteiger partial charge is 0.372 e. The molecule has 0 aliphatic heterocycles. The van der Waals surface area contributed by atoms with Crippen molar-refractivity contribution in [1.29, 1.82) is 0 Å². The number of rotatable bonds is 10. The number of thioether (sulfide) groups is 1. The number of nitrogens with one attached hydrogen (secondary N) is 1. The fourth-order valence-electron chi connectivity index (χ4n) is 3.33. The van der Waals surface area contributed by atoms with E-state index in [0.29, 0.717) is 17.4 Å². The molecule has 0 bridgehead atoms. The smallest absolute Gasteiger partial charge is 0.271 e. The Bertz CT molecular complexity index is 1080. The number of benzene rings is 2. The van der Waals surface area contributed by atoms with Crippen molar-refractivity contribution in [3.8, 4) is 11.4 Å². The van der Waals surface area contributed by atoms with Crippen LogP contribution in [0.5, 0.6) is 0 Å². The highest BCUT2D eigenvalue weighted by Crippen LogP contribution is 2.26. The Balaban J connectivity index is 1.68. The molecule has 0 radical (unpaired) electrons. The van der Waals surface area contributed by atoms with Gasteiger partial charge in [0.2, 0.25) is 5.91 Å². The Morgan fingerprint density at radius 2 is 1.84 bits per heavy atom. The Labute approximate surface area is 191 Å². The number of amides is 1. The standard InChI is InChI=1S/C22H26N6O3S/c1-4-26(5-2)18-12-10-16(11-13-18)21-24-25-22(27(21)6-3)32-15-20(29)23-17-8-7-9-19(14-17)28(30)31/h7-14H,4-6,15H2,1-3H3,(H,23,29). The van der Waals surface area contributed by atoms with Gasteiger partial charge in [-0.05, 0) is 51.1 Å². The second kappa shape index (κ2) is 10.8. The molecular weight excluding hydrogens is 428 g/mol. The zero-order valence-electron chi connectivity index (χ0n) is 18.3. The van der Waals surface area contributed by atoms with E-state index in [0.717, 1.165) is 30.2 Å². The monoisotopic (exact) mass is 454 g/mol. The summed E-state index contributed by atoms with van der Waals surface area (Å²) in [5, 5.41) is 22.8. The van der Waals surface area contributed by atoms with Crippen LogP contribution in [0.25, 0.3) is 11.4 Å². The van der Waals surface area contributed by atoms with Gasteiger partial charge in [0.15, 0.2) is 11.0 Å². The number of hydrogen-bond acceptors (Lipinski definition) is 7. The Morgan fingerprint density at radius 3 is 2.47 bits per heavy atom. The highest BCUT2D eigenvalue weighted by Gasteiger charge is 2.16. The molecule has 0 atom stereocenters. The van der Waals surface area contributed by atoms with Gasteiger partial charge in [0.05, 0.1) is 10.7 Å². The lowest BCUT2D eigenvalue weighted by atomic mass is 10.2. The molecule has 32 heavy (non-hydrogen) atoms. The Hall–Kier alpha value is -3.40. The average molecular weight is 455 g/mol. The Kier molecular flexibility index (Phi) is 7.82. The number of carbonyl (C=O) groups excluding carboxylic acids is 1. The predicted octanol–water partition coefficient (Wildman–Crippen LogP) is 4.45. The summed E-state index contributed by atoms with van der Waals surface area (Å²) in [7, 11) is 0. The van der Waals surface area contributed by atoms with Crippen molar-refractivity contribution in [2.24, 2.45) is 0 Å². The molecule has 168 valence electrons. The second-order valence-electron chi connectivity index (χ2n) is 6.91. The molecule has 1 N–H and O–H groups in total. The Morgan fingerprint density at radius 1 is 1.12 bits per heavy atom. The lowest BCUT2D eigenvalue weighted by Crippen LogP contribution is -2.21. The van der Waals surface area contributed by atoms with Crippen molar-refractivity contribution in [3.63, 3.8) is 0 Å². The first-order valence-corrected chi connectivity index (χ1v) is 11.4. The van der Waals surface area contributed by atoms with Gasteiger partial charge in [-0.1, -0.05) is 17.8 Å². The third-order valence-electron chi connectivity index (χ3n) is 4.96. The van der Waals surface area contributed by atoms with Crippen molar-refractivity contribution >= 4 is 34.7 Å². The summed E-state index contributed by atoms with van der Waals surface area (Å²) in [6.07, 6.45) is 0. The van der Waals surface area contributed by atoms with Crippen molar-refractivity contribution in [2.75, 3.05) is 29.1 Å². The molecule has 0 saturated carbocycles. The summed E-state index contributed by atoms with van der Waals surface area (Å²) in [5.41, 5.74) is 2.44. The number of anilines is 2. The van der Waals surface area contributed by atoms with E-state index >= 15 is 0 Å². The molecule has 0 saturated heterocycles. The highest BCUT2D eigenvalue weighted by atomic mass is 32.2. The van der Waals surface area contributed by atoms with Gasteiger partial charge < -0.3 is 14.8 Å². The summed E-state index contributed by atoms with van der Waals surface area (Å²) in [6, 6.07) is 14.1. The minimum atomic E-state index is -0.496. The first-order valence-electron chi connectivity index (χ1n) is 10.4. The molecule has 0 aliphatic carbocycles.